The first-order chi connectivity index (χ1) is 11.8. The van der Waals surface area contributed by atoms with Crippen LogP contribution in [0.15, 0.2) is 65.8 Å². The van der Waals surface area contributed by atoms with E-state index in [0.29, 0.717) is 6.42 Å². The topological polar surface area (TPSA) is 41.5 Å². The van der Waals surface area contributed by atoms with Crippen molar-refractivity contribution in [3.05, 3.63) is 71.8 Å². The molecule has 0 unspecified atom stereocenters. The van der Waals surface area contributed by atoms with Crippen LogP contribution in [0.25, 0.3) is 0 Å². The zero-order valence-corrected chi connectivity index (χ0v) is 14.4. The van der Waals surface area contributed by atoms with Crippen molar-refractivity contribution < 1.29 is 4.79 Å². The van der Waals surface area contributed by atoms with Crippen LogP contribution in [-0.4, -0.2) is 11.6 Å². The monoisotopic (exact) mass is 322 g/mol. The number of rotatable bonds is 9. The Bertz CT molecular complexity index is 635. The molecule has 3 nitrogen and oxygen atoms in total. The molecule has 126 valence electrons. The third-order valence-electron chi connectivity index (χ3n) is 3.92. The lowest BCUT2D eigenvalue weighted by molar-refractivity contribution is -0.121. The second kappa shape index (κ2) is 10.4. The van der Waals surface area contributed by atoms with Gasteiger partial charge in [0, 0.05) is 6.42 Å². The molecule has 0 heterocycles. The molecule has 2 aromatic carbocycles. The van der Waals surface area contributed by atoms with E-state index in [-0.39, 0.29) is 5.91 Å². The summed E-state index contributed by atoms with van der Waals surface area (Å²) in [5.74, 6) is -0.0391. The average molecular weight is 322 g/mol. The molecule has 0 saturated carbocycles. The highest BCUT2D eigenvalue weighted by atomic mass is 16.2. The van der Waals surface area contributed by atoms with E-state index >= 15 is 0 Å². The fourth-order valence-corrected chi connectivity index (χ4v) is 2.53. The van der Waals surface area contributed by atoms with Crippen LogP contribution in [0.1, 0.15) is 50.2 Å². The number of nitrogens with zero attached hydrogens (tertiary/aromatic N) is 1. The molecule has 1 amide bonds. The highest BCUT2D eigenvalue weighted by Gasteiger charge is 2.06. The van der Waals surface area contributed by atoms with E-state index in [1.165, 1.54) is 18.4 Å². The highest BCUT2D eigenvalue weighted by molar-refractivity contribution is 6.01. The van der Waals surface area contributed by atoms with Crippen molar-refractivity contribution in [2.45, 2.75) is 45.4 Å². The fraction of sp³-hybridized carbons (Fsp3) is 0.333. The molecule has 0 aliphatic carbocycles. The Balaban J connectivity index is 1.92. The van der Waals surface area contributed by atoms with Crippen molar-refractivity contribution in [3.8, 4) is 0 Å². The van der Waals surface area contributed by atoms with Gasteiger partial charge in [-0.05, 0) is 30.4 Å². The first-order valence-corrected chi connectivity index (χ1v) is 8.74. The molecule has 0 bridgehead atoms. The van der Waals surface area contributed by atoms with Crippen LogP contribution >= 0.6 is 0 Å². The van der Waals surface area contributed by atoms with Gasteiger partial charge in [0.1, 0.15) is 0 Å². The van der Waals surface area contributed by atoms with Gasteiger partial charge in [0.2, 0.25) is 5.91 Å². The van der Waals surface area contributed by atoms with E-state index < -0.39 is 0 Å². The Kier molecular flexibility index (Phi) is 7.75. The van der Waals surface area contributed by atoms with Crippen LogP contribution in [0.5, 0.6) is 0 Å². The molecule has 0 aliphatic rings. The first kappa shape index (κ1) is 17.9. The maximum atomic E-state index is 12.1. The second-order valence-corrected chi connectivity index (χ2v) is 5.90. The van der Waals surface area contributed by atoms with Crippen molar-refractivity contribution in [2.75, 3.05) is 0 Å². The lowest BCUT2D eigenvalue weighted by Crippen LogP contribution is -2.20. The zero-order valence-electron chi connectivity index (χ0n) is 14.4. The minimum Gasteiger partial charge on any atom is -0.273 e. The molecule has 0 fully saturated rings. The SMILES string of the molecule is CCCCC/C(=N/NC(=O)CCc1ccccc1)c1ccccc1. The fourth-order valence-electron chi connectivity index (χ4n) is 2.53. The molecular formula is C21H26N2O. The molecule has 24 heavy (non-hydrogen) atoms. The predicted molar refractivity (Wildman–Crippen MR) is 100 cm³/mol. The molecule has 3 heteroatoms. The summed E-state index contributed by atoms with van der Waals surface area (Å²) in [6, 6.07) is 20.1. The molecule has 2 rings (SSSR count). The van der Waals surface area contributed by atoms with Crippen LogP contribution in [0.3, 0.4) is 0 Å². The van der Waals surface area contributed by atoms with Crippen molar-refractivity contribution in [2.24, 2.45) is 5.10 Å². The molecule has 1 N–H and O–H groups in total. The maximum absolute atomic E-state index is 12.1. The van der Waals surface area contributed by atoms with Gasteiger partial charge >= 0.3 is 0 Å². The van der Waals surface area contributed by atoms with Gasteiger partial charge in [-0.2, -0.15) is 5.10 Å². The van der Waals surface area contributed by atoms with E-state index in [4.69, 9.17) is 0 Å². The number of hydrazone groups is 1. The summed E-state index contributed by atoms with van der Waals surface area (Å²) in [6.07, 6.45) is 5.50. The molecule has 0 aliphatic heterocycles. The summed E-state index contributed by atoms with van der Waals surface area (Å²) in [7, 11) is 0. The zero-order chi connectivity index (χ0) is 17.0. The van der Waals surface area contributed by atoms with E-state index in [9.17, 15) is 4.79 Å². The molecule has 0 spiro atoms. The molecule has 0 saturated heterocycles. The lowest BCUT2D eigenvalue weighted by atomic mass is 10.0. The number of hydrogen-bond donors (Lipinski definition) is 1. The Hall–Kier alpha value is -2.42. The number of aryl methyl sites for hydroxylation is 1. The van der Waals surface area contributed by atoms with Crippen LogP contribution in [0, 0.1) is 0 Å². The lowest BCUT2D eigenvalue weighted by Gasteiger charge is -2.07. The number of nitrogens with one attached hydrogen (secondary N) is 1. The minimum absolute atomic E-state index is 0.0391. The van der Waals surface area contributed by atoms with Crippen molar-refractivity contribution in [3.63, 3.8) is 0 Å². The van der Waals surface area contributed by atoms with E-state index in [1.54, 1.807) is 0 Å². The minimum atomic E-state index is -0.0391. The molecular weight excluding hydrogens is 296 g/mol. The number of carbonyl (C=O) groups is 1. The van der Waals surface area contributed by atoms with Crippen molar-refractivity contribution >= 4 is 11.6 Å². The Morgan fingerprint density at radius 3 is 2.25 bits per heavy atom. The van der Waals surface area contributed by atoms with Gasteiger partial charge < -0.3 is 0 Å². The largest absolute Gasteiger partial charge is 0.273 e. The number of carbonyl (C=O) groups excluding carboxylic acids is 1. The maximum Gasteiger partial charge on any atom is 0.240 e. The quantitative estimate of drug-likeness (QED) is 0.405. The van der Waals surface area contributed by atoms with E-state index in [1.807, 2.05) is 60.7 Å². The first-order valence-electron chi connectivity index (χ1n) is 8.74. The third-order valence-corrected chi connectivity index (χ3v) is 3.92. The van der Waals surface area contributed by atoms with Gasteiger partial charge in [-0.25, -0.2) is 5.43 Å². The van der Waals surface area contributed by atoms with Crippen LogP contribution in [0.2, 0.25) is 0 Å². The summed E-state index contributed by atoms with van der Waals surface area (Å²) in [6.45, 7) is 2.19. The summed E-state index contributed by atoms with van der Waals surface area (Å²) >= 11 is 0. The van der Waals surface area contributed by atoms with Crippen LogP contribution < -0.4 is 5.43 Å². The number of amides is 1. The van der Waals surface area contributed by atoms with Crippen molar-refractivity contribution in [1.82, 2.24) is 5.43 Å². The molecule has 2 aromatic rings. The number of benzene rings is 2. The van der Waals surface area contributed by atoms with Gasteiger partial charge in [-0.15, -0.1) is 0 Å². The van der Waals surface area contributed by atoms with E-state index in [2.05, 4.69) is 17.5 Å². The average Bonchev–Trinajstić information content (AvgIpc) is 2.64. The number of unbranched alkanes of at least 4 members (excludes halogenated alkanes) is 2. The standard InChI is InChI=1S/C21H26N2O/c1-2-3-6-15-20(19-13-9-5-10-14-19)22-23-21(24)17-16-18-11-7-4-8-12-18/h4-5,7-14H,2-3,6,15-17H2,1H3,(H,23,24)/b22-20-. The second-order valence-electron chi connectivity index (χ2n) is 5.90. The number of hydrogen-bond acceptors (Lipinski definition) is 2. The molecule has 0 atom stereocenters. The summed E-state index contributed by atoms with van der Waals surface area (Å²) in [5, 5.41) is 4.40. The van der Waals surface area contributed by atoms with Gasteiger partial charge in [0.05, 0.1) is 5.71 Å². The van der Waals surface area contributed by atoms with Crippen LogP contribution in [-0.2, 0) is 11.2 Å². The van der Waals surface area contributed by atoms with E-state index in [0.717, 1.165) is 30.5 Å². The van der Waals surface area contributed by atoms with Gasteiger partial charge in [0.15, 0.2) is 0 Å². The van der Waals surface area contributed by atoms with Crippen LogP contribution in [0.4, 0.5) is 0 Å². The molecule has 0 radical (unpaired) electrons. The third kappa shape index (κ3) is 6.37. The highest BCUT2D eigenvalue weighted by Crippen LogP contribution is 2.09. The van der Waals surface area contributed by atoms with Gasteiger partial charge in [-0.3, -0.25) is 4.79 Å². The Morgan fingerprint density at radius 2 is 1.58 bits per heavy atom. The van der Waals surface area contributed by atoms with Crippen molar-refractivity contribution in [1.29, 1.82) is 0 Å². The summed E-state index contributed by atoms with van der Waals surface area (Å²) in [5.41, 5.74) is 5.93. The van der Waals surface area contributed by atoms with Gasteiger partial charge in [0.25, 0.3) is 0 Å². The Labute approximate surface area is 144 Å². The summed E-state index contributed by atoms with van der Waals surface area (Å²) in [4.78, 5) is 12.1. The van der Waals surface area contributed by atoms with Gasteiger partial charge in [-0.1, -0.05) is 80.4 Å². The predicted octanol–water partition coefficient (Wildman–Crippen LogP) is 4.72. The smallest absolute Gasteiger partial charge is 0.240 e. The molecule has 0 aromatic heterocycles. The normalized spacial score (nSPS) is 11.3. The Morgan fingerprint density at radius 1 is 0.917 bits per heavy atom. The summed E-state index contributed by atoms with van der Waals surface area (Å²) < 4.78 is 0.